The first kappa shape index (κ1) is 20.5. The number of methoxy groups -OCH3 is 1. The third-order valence-electron chi connectivity index (χ3n) is 5.56. The van der Waals surface area contributed by atoms with E-state index in [2.05, 4.69) is 0 Å². The summed E-state index contributed by atoms with van der Waals surface area (Å²) in [6.07, 6.45) is 0. The van der Waals surface area contributed by atoms with Crippen LogP contribution in [-0.2, 0) is 9.59 Å². The second kappa shape index (κ2) is 7.97. The number of carbonyl (C=O) groups is 2. The van der Waals surface area contributed by atoms with Crippen LogP contribution in [0.3, 0.4) is 0 Å². The van der Waals surface area contributed by atoms with E-state index in [0.29, 0.717) is 27.2 Å². The predicted molar refractivity (Wildman–Crippen MR) is 125 cm³/mol. The van der Waals surface area contributed by atoms with Gasteiger partial charge in [0.05, 0.1) is 24.2 Å². The molecule has 2 aliphatic rings. The number of ether oxygens (including phenoxy) is 1. The van der Waals surface area contributed by atoms with Gasteiger partial charge in [-0.25, -0.2) is 4.90 Å². The number of benzene rings is 3. The first-order chi connectivity index (χ1) is 15.5. The van der Waals surface area contributed by atoms with Gasteiger partial charge in [0, 0.05) is 10.0 Å². The molecule has 3 aromatic rings. The molecule has 2 aliphatic heterocycles. The van der Waals surface area contributed by atoms with Crippen molar-refractivity contribution in [2.75, 3.05) is 17.0 Å². The summed E-state index contributed by atoms with van der Waals surface area (Å²) in [4.78, 5) is 28.3. The monoisotopic (exact) mass is 465 g/mol. The van der Waals surface area contributed by atoms with Gasteiger partial charge in [0.1, 0.15) is 17.7 Å². The minimum Gasteiger partial charge on any atom is -0.497 e. The van der Waals surface area contributed by atoms with Gasteiger partial charge in [-0.3, -0.25) is 14.6 Å². The molecule has 0 aliphatic carbocycles. The molecule has 1 saturated heterocycles. The van der Waals surface area contributed by atoms with E-state index < -0.39 is 12.0 Å². The normalized spacial score (nSPS) is 19.9. The lowest BCUT2D eigenvalue weighted by molar-refractivity contribution is -0.121. The average molecular weight is 466 g/mol. The molecule has 0 radical (unpaired) electrons. The van der Waals surface area contributed by atoms with E-state index in [9.17, 15) is 9.59 Å². The molecule has 0 bridgehead atoms. The van der Waals surface area contributed by atoms with Crippen molar-refractivity contribution in [2.45, 2.75) is 6.04 Å². The molecule has 0 unspecified atom stereocenters. The number of rotatable bonds is 4. The molecular weight excluding hydrogens is 449 g/mol. The molecule has 8 heteroatoms. The molecule has 2 amide bonds. The number of halogens is 2. The Kier molecular flexibility index (Phi) is 5.12. The zero-order valence-corrected chi connectivity index (χ0v) is 18.4. The number of anilines is 2. The van der Waals surface area contributed by atoms with Gasteiger partial charge in [0.25, 0.3) is 5.91 Å². The van der Waals surface area contributed by atoms with Gasteiger partial charge < -0.3 is 4.74 Å². The Bertz CT molecular complexity index is 1220. The highest BCUT2D eigenvalue weighted by molar-refractivity contribution is 6.37. The zero-order chi connectivity index (χ0) is 22.4. The van der Waals surface area contributed by atoms with Gasteiger partial charge in [0.15, 0.2) is 0 Å². The van der Waals surface area contributed by atoms with E-state index in [0.717, 1.165) is 16.2 Å². The van der Waals surface area contributed by atoms with Crippen LogP contribution in [-0.4, -0.2) is 30.7 Å². The van der Waals surface area contributed by atoms with Gasteiger partial charge in [-0.1, -0.05) is 41.4 Å². The van der Waals surface area contributed by atoms with Crippen molar-refractivity contribution in [3.05, 3.63) is 88.4 Å². The third kappa shape index (κ3) is 3.32. The minimum atomic E-state index is -0.806. The number of amides is 2. The van der Waals surface area contributed by atoms with E-state index in [1.165, 1.54) is 0 Å². The first-order valence-electron chi connectivity index (χ1n) is 9.89. The van der Waals surface area contributed by atoms with Crippen LogP contribution in [0.4, 0.5) is 11.4 Å². The largest absolute Gasteiger partial charge is 0.497 e. The molecule has 6 nitrogen and oxygen atoms in total. The van der Waals surface area contributed by atoms with E-state index in [-0.39, 0.29) is 11.8 Å². The van der Waals surface area contributed by atoms with Crippen molar-refractivity contribution in [1.82, 2.24) is 0 Å². The van der Waals surface area contributed by atoms with Crippen LogP contribution in [0, 0.1) is 5.92 Å². The van der Waals surface area contributed by atoms with Crippen LogP contribution >= 0.6 is 23.2 Å². The van der Waals surface area contributed by atoms with Crippen molar-refractivity contribution in [1.29, 1.82) is 0 Å². The van der Waals surface area contributed by atoms with E-state index in [1.807, 2.05) is 42.5 Å². The standard InChI is InChI=1S/C24H17Cl2N3O3/c1-32-19-9-7-14(8-10-19)21-20-22(29(27-21)17-5-3-2-4-6-17)24(31)28(23(20)30)18-12-15(25)11-16(26)13-18/h2-13,20,22H,1H3/t20-,22+/m1/s1. The summed E-state index contributed by atoms with van der Waals surface area (Å²) in [5.41, 5.74) is 2.33. The van der Waals surface area contributed by atoms with Gasteiger partial charge in [-0.15, -0.1) is 0 Å². The van der Waals surface area contributed by atoms with E-state index in [4.69, 9.17) is 33.0 Å². The fourth-order valence-corrected chi connectivity index (χ4v) is 4.65. The second-order valence-electron chi connectivity index (χ2n) is 7.46. The molecule has 2 atom stereocenters. The Morgan fingerprint density at radius 2 is 1.50 bits per heavy atom. The summed E-state index contributed by atoms with van der Waals surface area (Å²) < 4.78 is 5.24. The number of nitrogens with zero attached hydrogens (tertiary/aromatic N) is 3. The molecule has 0 aromatic heterocycles. The van der Waals surface area contributed by atoms with Gasteiger partial charge in [0.2, 0.25) is 5.91 Å². The number of hydrogen-bond acceptors (Lipinski definition) is 5. The SMILES string of the molecule is COc1ccc(C2=NN(c3ccccc3)[C@@H]3C(=O)N(c4cc(Cl)cc(Cl)c4)C(=O)[C@H]23)cc1. The van der Waals surface area contributed by atoms with Crippen LogP contribution < -0.4 is 14.6 Å². The predicted octanol–water partition coefficient (Wildman–Crippen LogP) is 4.78. The number of imide groups is 1. The second-order valence-corrected chi connectivity index (χ2v) is 8.33. The van der Waals surface area contributed by atoms with Crippen molar-refractivity contribution < 1.29 is 14.3 Å². The quantitative estimate of drug-likeness (QED) is 0.519. The summed E-state index contributed by atoms with van der Waals surface area (Å²) in [6, 6.07) is 20.4. The van der Waals surface area contributed by atoms with Crippen molar-refractivity contribution in [2.24, 2.45) is 11.0 Å². The average Bonchev–Trinajstić information content (AvgIpc) is 3.30. The highest BCUT2D eigenvalue weighted by Crippen LogP contribution is 2.40. The summed E-state index contributed by atoms with van der Waals surface area (Å²) in [7, 11) is 1.59. The maximum absolute atomic E-state index is 13.6. The zero-order valence-electron chi connectivity index (χ0n) is 16.9. The molecule has 5 rings (SSSR count). The van der Waals surface area contributed by atoms with Crippen LogP contribution in [0.2, 0.25) is 10.0 Å². The Morgan fingerprint density at radius 1 is 0.844 bits per heavy atom. The maximum atomic E-state index is 13.6. The molecule has 2 heterocycles. The third-order valence-corrected chi connectivity index (χ3v) is 6.00. The summed E-state index contributed by atoms with van der Waals surface area (Å²) in [5.74, 6) is -0.831. The number of hydrazone groups is 1. The van der Waals surface area contributed by atoms with Gasteiger partial charge in [-0.2, -0.15) is 5.10 Å². The van der Waals surface area contributed by atoms with Crippen molar-refractivity contribution in [3.8, 4) is 5.75 Å². The molecule has 3 aromatic carbocycles. The summed E-state index contributed by atoms with van der Waals surface area (Å²) >= 11 is 12.3. The highest BCUT2D eigenvalue weighted by atomic mass is 35.5. The molecule has 0 N–H and O–H groups in total. The molecule has 160 valence electrons. The molecule has 0 saturated carbocycles. The van der Waals surface area contributed by atoms with Gasteiger partial charge in [-0.05, 0) is 60.2 Å². The highest BCUT2D eigenvalue weighted by Gasteiger charge is 2.57. The molecule has 32 heavy (non-hydrogen) atoms. The smallest absolute Gasteiger partial charge is 0.259 e. The summed E-state index contributed by atoms with van der Waals surface area (Å²) in [5, 5.41) is 7.03. The lowest BCUT2D eigenvalue weighted by Gasteiger charge is -2.22. The lowest BCUT2D eigenvalue weighted by atomic mass is 9.93. The maximum Gasteiger partial charge on any atom is 0.259 e. The minimum absolute atomic E-state index is 0.342. The summed E-state index contributed by atoms with van der Waals surface area (Å²) in [6.45, 7) is 0. The Hall–Kier alpha value is -3.35. The lowest BCUT2D eigenvalue weighted by Crippen LogP contribution is -2.39. The van der Waals surface area contributed by atoms with Gasteiger partial charge >= 0.3 is 0 Å². The van der Waals surface area contributed by atoms with Crippen LogP contribution in [0.1, 0.15) is 5.56 Å². The Labute approximate surface area is 194 Å². The fraction of sp³-hybridized carbons (Fsp3) is 0.125. The van der Waals surface area contributed by atoms with Crippen LogP contribution in [0.5, 0.6) is 5.75 Å². The van der Waals surface area contributed by atoms with Crippen molar-refractivity contribution in [3.63, 3.8) is 0 Å². The number of hydrogen-bond donors (Lipinski definition) is 0. The topological polar surface area (TPSA) is 62.2 Å². The number of para-hydroxylation sites is 1. The van der Waals surface area contributed by atoms with Crippen LogP contribution in [0.15, 0.2) is 77.9 Å². The molecule has 0 spiro atoms. The Morgan fingerprint density at radius 3 is 2.12 bits per heavy atom. The molecule has 1 fully saturated rings. The van der Waals surface area contributed by atoms with Crippen LogP contribution in [0.25, 0.3) is 0 Å². The number of fused-ring (bicyclic) bond motifs is 1. The molecular formula is C24H17Cl2N3O3. The van der Waals surface area contributed by atoms with Crippen molar-refractivity contribution >= 4 is 52.1 Å². The number of carbonyl (C=O) groups excluding carboxylic acids is 2. The first-order valence-corrected chi connectivity index (χ1v) is 10.6. The Balaban J connectivity index is 1.63. The van der Waals surface area contributed by atoms with E-state index in [1.54, 1.807) is 42.5 Å². The fourth-order valence-electron chi connectivity index (χ4n) is 4.13. The van der Waals surface area contributed by atoms with E-state index >= 15 is 0 Å².